The molecule has 0 saturated heterocycles. The summed E-state index contributed by atoms with van der Waals surface area (Å²) in [6.45, 7) is 4.47. The molecule has 3 rings (SSSR count). The number of halogens is 1. The Balaban J connectivity index is 1.83. The first-order valence-electron chi connectivity index (χ1n) is 10.3. The van der Waals surface area contributed by atoms with Gasteiger partial charge in [-0.25, -0.2) is 0 Å². The van der Waals surface area contributed by atoms with Crippen LogP contribution in [0.5, 0.6) is 23.0 Å². The number of methoxy groups -OCH3 is 2. The second kappa shape index (κ2) is 11.8. The Labute approximate surface area is 198 Å². The first kappa shape index (κ1) is 24.0. The Morgan fingerprint density at radius 2 is 1.42 bits per heavy atom. The SMILES string of the molecule is C=CCNC(=O)c1ccc(OCc2ccc(OC)cc2)c(OCc2ccc(OC)cc2)c1Cl. The van der Waals surface area contributed by atoms with E-state index in [9.17, 15) is 4.79 Å². The van der Waals surface area contributed by atoms with Gasteiger partial charge in [0.15, 0.2) is 11.5 Å². The van der Waals surface area contributed by atoms with E-state index >= 15 is 0 Å². The summed E-state index contributed by atoms with van der Waals surface area (Å²) in [5.41, 5.74) is 2.15. The van der Waals surface area contributed by atoms with Gasteiger partial charge in [-0.05, 0) is 47.5 Å². The molecular formula is C26H26ClNO5. The standard InChI is InChI=1S/C26H26ClNO5/c1-4-15-28-26(29)22-13-14-23(32-16-18-5-9-20(30-2)10-6-18)25(24(22)27)33-17-19-7-11-21(31-3)12-8-19/h4-14H,1,15-17H2,2-3H3,(H,28,29). The van der Waals surface area contributed by atoms with Crippen molar-refractivity contribution < 1.29 is 23.7 Å². The van der Waals surface area contributed by atoms with Crippen molar-refractivity contribution in [1.82, 2.24) is 5.32 Å². The minimum absolute atomic E-state index is 0.178. The zero-order valence-electron chi connectivity index (χ0n) is 18.6. The average Bonchev–Trinajstić information content (AvgIpc) is 2.86. The van der Waals surface area contributed by atoms with Gasteiger partial charge in [-0.3, -0.25) is 4.79 Å². The third kappa shape index (κ3) is 6.43. The Morgan fingerprint density at radius 3 is 1.94 bits per heavy atom. The highest BCUT2D eigenvalue weighted by Crippen LogP contribution is 2.39. The zero-order valence-corrected chi connectivity index (χ0v) is 19.4. The predicted molar refractivity (Wildman–Crippen MR) is 129 cm³/mol. The summed E-state index contributed by atoms with van der Waals surface area (Å²) < 4.78 is 22.4. The van der Waals surface area contributed by atoms with Crippen LogP contribution in [-0.4, -0.2) is 26.7 Å². The molecule has 0 aromatic heterocycles. The molecule has 6 nitrogen and oxygen atoms in total. The van der Waals surface area contributed by atoms with Crippen molar-refractivity contribution in [3.05, 3.63) is 95.0 Å². The van der Waals surface area contributed by atoms with Gasteiger partial charge in [0.1, 0.15) is 24.7 Å². The third-order valence-corrected chi connectivity index (χ3v) is 5.18. The fourth-order valence-corrected chi connectivity index (χ4v) is 3.28. The van der Waals surface area contributed by atoms with Crippen molar-refractivity contribution >= 4 is 17.5 Å². The van der Waals surface area contributed by atoms with Crippen LogP contribution in [-0.2, 0) is 13.2 Å². The van der Waals surface area contributed by atoms with E-state index in [1.807, 2.05) is 48.5 Å². The average molecular weight is 468 g/mol. The second-order valence-corrected chi connectivity index (χ2v) is 7.40. The lowest BCUT2D eigenvalue weighted by Gasteiger charge is -2.17. The van der Waals surface area contributed by atoms with Crippen LogP contribution in [0.3, 0.4) is 0 Å². The third-order valence-electron chi connectivity index (χ3n) is 4.81. The van der Waals surface area contributed by atoms with Gasteiger partial charge in [0.25, 0.3) is 5.91 Å². The molecule has 0 aliphatic carbocycles. The molecule has 0 heterocycles. The number of hydrogen-bond donors (Lipinski definition) is 1. The molecule has 3 aromatic rings. The molecule has 7 heteroatoms. The molecule has 0 radical (unpaired) electrons. The smallest absolute Gasteiger partial charge is 0.253 e. The Bertz CT molecular complexity index is 1080. The van der Waals surface area contributed by atoms with Gasteiger partial charge >= 0.3 is 0 Å². The topological polar surface area (TPSA) is 66.0 Å². The van der Waals surface area contributed by atoms with E-state index in [2.05, 4.69) is 11.9 Å². The predicted octanol–water partition coefficient (Wildman–Crippen LogP) is 5.43. The monoisotopic (exact) mass is 467 g/mol. The molecule has 1 N–H and O–H groups in total. The normalized spacial score (nSPS) is 10.3. The van der Waals surface area contributed by atoms with Crippen LogP contribution in [0, 0.1) is 0 Å². The zero-order chi connectivity index (χ0) is 23.6. The van der Waals surface area contributed by atoms with Crippen LogP contribution in [0.15, 0.2) is 73.3 Å². The Kier molecular flexibility index (Phi) is 8.61. The van der Waals surface area contributed by atoms with E-state index in [0.717, 1.165) is 22.6 Å². The summed E-state index contributed by atoms with van der Waals surface area (Å²) in [4.78, 5) is 12.5. The maximum atomic E-state index is 12.5. The van der Waals surface area contributed by atoms with Gasteiger partial charge < -0.3 is 24.3 Å². The van der Waals surface area contributed by atoms with Gasteiger partial charge in [-0.2, -0.15) is 0 Å². The van der Waals surface area contributed by atoms with Crippen molar-refractivity contribution in [2.24, 2.45) is 0 Å². The van der Waals surface area contributed by atoms with Gasteiger partial charge in [0, 0.05) is 6.54 Å². The van der Waals surface area contributed by atoms with E-state index < -0.39 is 0 Å². The van der Waals surface area contributed by atoms with Crippen LogP contribution in [0.1, 0.15) is 21.5 Å². The van der Waals surface area contributed by atoms with Gasteiger partial charge in [-0.15, -0.1) is 6.58 Å². The Hall–Kier alpha value is -3.64. The first-order chi connectivity index (χ1) is 16.0. The lowest BCUT2D eigenvalue weighted by Crippen LogP contribution is -2.23. The highest BCUT2D eigenvalue weighted by Gasteiger charge is 2.19. The minimum atomic E-state index is -0.323. The van der Waals surface area contributed by atoms with Crippen LogP contribution in [0.2, 0.25) is 5.02 Å². The molecule has 0 fully saturated rings. The maximum Gasteiger partial charge on any atom is 0.253 e. The number of benzene rings is 3. The van der Waals surface area contributed by atoms with E-state index in [1.54, 1.807) is 32.4 Å². The minimum Gasteiger partial charge on any atom is -0.497 e. The van der Waals surface area contributed by atoms with E-state index in [1.165, 1.54) is 0 Å². The van der Waals surface area contributed by atoms with Crippen LogP contribution >= 0.6 is 11.6 Å². The lowest BCUT2D eigenvalue weighted by atomic mass is 10.1. The molecule has 0 aliphatic rings. The fraction of sp³-hybridized carbons (Fsp3) is 0.192. The highest BCUT2D eigenvalue weighted by atomic mass is 35.5. The first-order valence-corrected chi connectivity index (χ1v) is 10.7. The lowest BCUT2D eigenvalue weighted by molar-refractivity contribution is 0.0957. The molecule has 1 amide bonds. The van der Waals surface area contributed by atoms with Crippen molar-refractivity contribution in [3.8, 4) is 23.0 Å². The summed E-state index contributed by atoms with van der Waals surface area (Å²) in [7, 11) is 3.23. The number of ether oxygens (including phenoxy) is 4. The summed E-state index contributed by atoms with van der Waals surface area (Å²) in [6.07, 6.45) is 1.60. The number of rotatable bonds is 11. The number of carbonyl (C=O) groups is 1. The van der Waals surface area contributed by atoms with Crippen molar-refractivity contribution in [1.29, 1.82) is 0 Å². The van der Waals surface area contributed by atoms with Crippen LogP contribution in [0.25, 0.3) is 0 Å². The summed E-state index contributed by atoms with van der Waals surface area (Å²) in [5, 5.41) is 2.91. The van der Waals surface area contributed by atoms with Gasteiger partial charge in [-0.1, -0.05) is 41.9 Å². The molecule has 0 unspecified atom stereocenters. The van der Waals surface area contributed by atoms with Crippen molar-refractivity contribution in [2.75, 3.05) is 20.8 Å². The molecular weight excluding hydrogens is 442 g/mol. The van der Waals surface area contributed by atoms with Gasteiger partial charge in [0.2, 0.25) is 0 Å². The van der Waals surface area contributed by atoms with Crippen molar-refractivity contribution in [2.45, 2.75) is 13.2 Å². The van der Waals surface area contributed by atoms with E-state index in [0.29, 0.717) is 30.2 Å². The number of carbonyl (C=O) groups excluding carboxylic acids is 1. The number of hydrogen-bond acceptors (Lipinski definition) is 5. The number of amides is 1. The fourth-order valence-electron chi connectivity index (χ4n) is 2.98. The molecule has 0 atom stereocenters. The molecule has 0 bridgehead atoms. The summed E-state index contributed by atoms with van der Waals surface area (Å²) >= 11 is 6.59. The summed E-state index contributed by atoms with van der Waals surface area (Å²) in [6, 6.07) is 18.3. The number of nitrogens with one attached hydrogen (secondary N) is 1. The van der Waals surface area contributed by atoms with Gasteiger partial charge in [0.05, 0.1) is 24.8 Å². The molecule has 0 aliphatic heterocycles. The molecule has 0 spiro atoms. The second-order valence-electron chi connectivity index (χ2n) is 7.03. The summed E-state index contributed by atoms with van der Waals surface area (Å²) in [5.74, 6) is 1.93. The molecule has 172 valence electrons. The highest BCUT2D eigenvalue weighted by molar-refractivity contribution is 6.35. The molecule has 3 aromatic carbocycles. The van der Waals surface area contributed by atoms with Crippen LogP contribution in [0.4, 0.5) is 0 Å². The quantitative estimate of drug-likeness (QED) is 0.381. The molecule has 33 heavy (non-hydrogen) atoms. The molecule has 0 saturated carbocycles. The van der Waals surface area contributed by atoms with E-state index in [4.69, 9.17) is 30.5 Å². The maximum absolute atomic E-state index is 12.5. The Morgan fingerprint density at radius 1 is 0.879 bits per heavy atom. The van der Waals surface area contributed by atoms with E-state index in [-0.39, 0.29) is 17.5 Å². The van der Waals surface area contributed by atoms with Crippen molar-refractivity contribution in [3.63, 3.8) is 0 Å². The largest absolute Gasteiger partial charge is 0.497 e. The van der Waals surface area contributed by atoms with Crippen LogP contribution < -0.4 is 24.3 Å².